The number of nitrogens with one attached hydrogen (secondary N) is 1. The molecule has 0 aliphatic carbocycles. The van der Waals surface area contributed by atoms with Gasteiger partial charge in [-0.15, -0.1) is 0 Å². The Morgan fingerprint density at radius 3 is 2.50 bits per heavy atom. The molecule has 1 rings (SSSR count). The molecule has 0 aromatic carbocycles. The summed E-state index contributed by atoms with van der Waals surface area (Å²) in [4.78, 5) is 22.6. The van der Waals surface area contributed by atoms with Crippen LogP contribution in [0.3, 0.4) is 0 Å². The lowest BCUT2D eigenvalue weighted by Gasteiger charge is -2.21. The molecular formula is C11H17N3O4. The highest BCUT2D eigenvalue weighted by molar-refractivity contribution is 5.81. The van der Waals surface area contributed by atoms with Gasteiger partial charge in [0.25, 0.3) is 0 Å². The average Bonchev–Trinajstić information content (AvgIpc) is 2.57. The van der Waals surface area contributed by atoms with Crippen LogP contribution in [0.1, 0.15) is 32.4 Å². The maximum atomic E-state index is 11.5. The molecule has 0 saturated heterocycles. The number of ether oxygens (including phenoxy) is 1. The van der Waals surface area contributed by atoms with Gasteiger partial charge in [-0.3, -0.25) is 4.68 Å². The van der Waals surface area contributed by atoms with E-state index in [1.165, 1.54) is 17.1 Å². The second-order valence-electron chi connectivity index (χ2n) is 4.86. The average molecular weight is 255 g/mol. The molecular weight excluding hydrogens is 238 g/mol. The van der Waals surface area contributed by atoms with Crippen molar-refractivity contribution in [3.05, 3.63) is 18.0 Å². The third-order valence-corrected chi connectivity index (χ3v) is 1.97. The molecule has 1 amide bonds. The fourth-order valence-corrected chi connectivity index (χ4v) is 1.30. The zero-order valence-electron chi connectivity index (χ0n) is 10.8. The summed E-state index contributed by atoms with van der Waals surface area (Å²) in [5.41, 5.74) is -0.293. The molecule has 0 radical (unpaired) electrons. The number of carboxylic acids is 1. The SMILES string of the molecule is Cn1cc([C@H](NC(=O)OC(C)(C)C)C(=O)O)cn1. The van der Waals surface area contributed by atoms with Gasteiger partial charge in [-0.25, -0.2) is 9.59 Å². The van der Waals surface area contributed by atoms with Crippen molar-refractivity contribution < 1.29 is 19.4 Å². The van der Waals surface area contributed by atoms with E-state index in [0.717, 1.165) is 0 Å². The van der Waals surface area contributed by atoms with Crippen molar-refractivity contribution in [3.63, 3.8) is 0 Å². The molecule has 18 heavy (non-hydrogen) atoms. The number of rotatable bonds is 3. The number of aryl methyl sites for hydroxylation is 1. The summed E-state index contributed by atoms with van der Waals surface area (Å²) in [6.07, 6.45) is 2.13. The monoisotopic (exact) mass is 255 g/mol. The molecule has 1 atom stereocenters. The van der Waals surface area contributed by atoms with Crippen molar-refractivity contribution in [2.24, 2.45) is 7.05 Å². The van der Waals surface area contributed by atoms with Crippen molar-refractivity contribution in [2.45, 2.75) is 32.4 Å². The van der Waals surface area contributed by atoms with Crippen molar-refractivity contribution >= 4 is 12.1 Å². The third kappa shape index (κ3) is 4.08. The molecule has 7 nitrogen and oxygen atoms in total. The summed E-state index contributed by atoms with van der Waals surface area (Å²) in [7, 11) is 1.66. The highest BCUT2D eigenvalue weighted by Crippen LogP contribution is 2.14. The minimum atomic E-state index is -1.17. The van der Waals surface area contributed by atoms with Crippen LogP contribution >= 0.6 is 0 Å². The molecule has 0 saturated carbocycles. The standard InChI is InChI=1S/C11H17N3O4/c1-11(2,3)18-10(17)13-8(9(15)16)7-5-12-14(4)6-7/h5-6,8H,1-4H3,(H,13,17)(H,15,16)/t8-/m0/s1. The highest BCUT2D eigenvalue weighted by atomic mass is 16.6. The number of carboxylic acid groups (broad SMARTS) is 1. The summed E-state index contributed by atoms with van der Waals surface area (Å²) in [6.45, 7) is 5.10. The van der Waals surface area contributed by atoms with Crippen molar-refractivity contribution in [3.8, 4) is 0 Å². The second-order valence-corrected chi connectivity index (χ2v) is 4.86. The molecule has 100 valence electrons. The van der Waals surface area contributed by atoms with Gasteiger partial charge in [0, 0.05) is 18.8 Å². The Morgan fingerprint density at radius 2 is 2.11 bits per heavy atom. The maximum absolute atomic E-state index is 11.5. The lowest BCUT2D eigenvalue weighted by atomic mass is 10.1. The van der Waals surface area contributed by atoms with Gasteiger partial charge in [0.2, 0.25) is 0 Å². The van der Waals surface area contributed by atoms with E-state index < -0.39 is 23.7 Å². The minimum Gasteiger partial charge on any atom is -0.479 e. The van der Waals surface area contributed by atoms with Crippen molar-refractivity contribution in [1.29, 1.82) is 0 Å². The smallest absolute Gasteiger partial charge is 0.408 e. The van der Waals surface area contributed by atoms with Crippen molar-refractivity contribution in [2.75, 3.05) is 0 Å². The molecule has 0 aliphatic rings. The van der Waals surface area contributed by atoms with Crippen LogP contribution in [0.25, 0.3) is 0 Å². The molecule has 1 aromatic rings. The Hall–Kier alpha value is -2.05. The Kier molecular flexibility index (Phi) is 3.95. The van der Waals surface area contributed by atoms with Crippen LogP contribution in [0, 0.1) is 0 Å². The van der Waals surface area contributed by atoms with Gasteiger partial charge in [0.1, 0.15) is 5.60 Å². The molecule has 1 heterocycles. The molecule has 0 bridgehead atoms. The van der Waals surface area contributed by atoms with E-state index in [2.05, 4.69) is 10.4 Å². The summed E-state index contributed by atoms with van der Waals surface area (Å²) in [5, 5.41) is 15.2. The van der Waals surface area contributed by atoms with Gasteiger partial charge in [-0.2, -0.15) is 5.10 Å². The van der Waals surface area contributed by atoms with E-state index >= 15 is 0 Å². The van der Waals surface area contributed by atoms with Gasteiger partial charge >= 0.3 is 12.1 Å². The molecule has 2 N–H and O–H groups in total. The van der Waals surface area contributed by atoms with E-state index in [4.69, 9.17) is 9.84 Å². The van der Waals surface area contributed by atoms with Gasteiger partial charge in [0.15, 0.2) is 6.04 Å². The Morgan fingerprint density at radius 1 is 1.50 bits per heavy atom. The second kappa shape index (κ2) is 5.07. The molecule has 0 unspecified atom stereocenters. The molecule has 1 aromatic heterocycles. The maximum Gasteiger partial charge on any atom is 0.408 e. The van der Waals surface area contributed by atoms with E-state index in [9.17, 15) is 9.59 Å². The number of nitrogens with zero attached hydrogens (tertiary/aromatic N) is 2. The first-order valence-corrected chi connectivity index (χ1v) is 5.40. The number of hydrogen-bond donors (Lipinski definition) is 2. The normalized spacial score (nSPS) is 12.9. The number of amides is 1. The summed E-state index contributed by atoms with van der Waals surface area (Å²) < 4.78 is 6.47. The van der Waals surface area contributed by atoms with Gasteiger partial charge in [0.05, 0.1) is 6.20 Å². The Balaban J connectivity index is 2.76. The van der Waals surface area contributed by atoms with Crippen molar-refractivity contribution in [1.82, 2.24) is 15.1 Å². The molecule has 0 spiro atoms. The molecule has 0 fully saturated rings. The first-order chi connectivity index (χ1) is 8.19. The van der Waals surface area contributed by atoms with Crippen LogP contribution < -0.4 is 5.32 Å². The lowest BCUT2D eigenvalue weighted by Crippen LogP contribution is -2.37. The highest BCUT2D eigenvalue weighted by Gasteiger charge is 2.26. The van der Waals surface area contributed by atoms with Crippen LogP contribution in [-0.4, -0.2) is 32.6 Å². The number of alkyl carbamates (subject to hydrolysis) is 1. The Bertz CT molecular complexity index is 447. The number of carbonyl (C=O) groups excluding carboxylic acids is 1. The van der Waals surface area contributed by atoms with Crippen LogP contribution in [0.5, 0.6) is 0 Å². The zero-order chi connectivity index (χ0) is 13.9. The fraction of sp³-hybridized carbons (Fsp3) is 0.545. The number of hydrogen-bond acceptors (Lipinski definition) is 4. The van der Waals surface area contributed by atoms with Crippen LogP contribution in [0.2, 0.25) is 0 Å². The van der Waals surface area contributed by atoms with E-state index in [1.54, 1.807) is 27.8 Å². The number of aromatic nitrogens is 2. The zero-order valence-corrected chi connectivity index (χ0v) is 10.8. The van der Waals surface area contributed by atoms with E-state index in [1.807, 2.05) is 0 Å². The van der Waals surface area contributed by atoms with Gasteiger partial charge in [-0.05, 0) is 20.8 Å². The topological polar surface area (TPSA) is 93.5 Å². The van der Waals surface area contributed by atoms with Gasteiger partial charge < -0.3 is 15.2 Å². The third-order valence-electron chi connectivity index (χ3n) is 1.97. The summed E-state index contributed by atoms with van der Waals surface area (Å²) in [6, 6.07) is -1.17. The van der Waals surface area contributed by atoms with Crippen LogP contribution in [0.15, 0.2) is 12.4 Å². The molecule has 0 aliphatic heterocycles. The fourth-order valence-electron chi connectivity index (χ4n) is 1.30. The molecule has 7 heteroatoms. The first-order valence-electron chi connectivity index (χ1n) is 5.40. The number of carbonyl (C=O) groups is 2. The van der Waals surface area contributed by atoms with Crippen LogP contribution in [0.4, 0.5) is 4.79 Å². The van der Waals surface area contributed by atoms with E-state index in [-0.39, 0.29) is 0 Å². The van der Waals surface area contributed by atoms with Gasteiger partial charge in [-0.1, -0.05) is 0 Å². The number of aliphatic carboxylic acids is 1. The predicted octanol–water partition coefficient (Wildman–Crippen LogP) is 1.07. The Labute approximate surface area is 105 Å². The minimum absolute atomic E-state index is 0.385. The lowest BCUT2D eigenvalue weighted by molar-refractivity contribution is -0.139. The summed E-state index contributed by atoms with van der Waals surface area (Å²) in [5.74, 6) is -1.17. The quantitative estimate of drug-likeness (QED) is 0.842. The van der Waals surface area contributed by atoms with Crippen LogP contribution in [-0.2, 0) is 16.6 Å². The first kappa shape index (κ1) is 14.0. The summed E-state index contributed by atoms with van der Waals surface area (Å²) >= 11 is 0. The predicted molar refractivity (Wildman–Crippen MR) is 63.0 cm³/mol. The largest absolute Gasteiger partial charge is 0.479 e. The van der Waals surface area contributed by atoms with E-state index in [0.29, 0.717) is 5.56 Å².